The molecular formula is C16H24N2. The molecule has 1 aromatic carbocycles. The van der Waals surface area contributed by atoms with E-state index in [1.807, 2.05) is 0 Å². The first-order valence-electron chi connectivity index (χ1n) is 6.50. The molecule has 1 rings (SSSR count). The lowest BCUT2D eigenvalue weighted by Gasteiger charge is -2.29. The minimum atomic E-state index is 0.336. The molecule has 0 aliphatic heterocycles. The average Bonchev–Trinajstić information content (AvgIpc) is 2.30. The van der Waals surface area contributed by atoms with Crippen molar-refractivity contribution in [2.75, 3.05) is 14.1 Å². The maximum atomic E-state index is 8.82. The smallest absolute Gasteiger partial charge is 0.0622 e. The lowest BCUT2D eigenvalue weighted by Crippen LogP contribution is -2.22. The number of benzene rings is 1. The first kappa shape index (κ1) is 14.7. The van der Waals surface area contributed by atoms with Crippen molar-refractivity contribution >= 4 is 0 Å². The molecule has 0 aromatic heterocycles. The summed E-state index contributed by atoms with van der Waals surface area (Å²) in [5.74, 6) is 0. The van der Waals surface area contributed by atoms with E-state index in [-0.39, 0.29) is 0 Å². The van der Waals surface area contributed by atoms with Crippen LogP contribution >= 0.6 is 0 Å². The Morgan fingerprint density at radius 1 is 1.11 bits per heavy atom. The number of hydrogen-bond acceptors (Lipinski definition) is 2. The van der Waals surface area contributed by atoms with Gasteiger partial charge < -0.3 is 4.90 Å². The standard InChI is InChI=1S/C16H24N2/c1-11-10-12(2)14(4)16(13(11)3)15(18(5)6)8-7-9-17/h10,15H,7-8H2,1-6H3. The monoisotopic (exact) mass is 244 g/mol. The molecule has 0 spiro atoms. The summed E-state index contributed by atoms with van der Waals surface area (Å²) in [5.41, 5.74) is 6.84. The molecule has 0 bridgehead atoms. The van der Waals surface area contributed by atoms with E-state index < -0.39 is 0 Å². The maximum Gasteiger partial charge on any atom is 0.0622 e. The Hall–Kier alpha value is -1.33. The molecule has 1 unspecified atom stereocenters. The van der Waals surface area contributed by atoms with E-state index in [2.05, 4.69) is 58.8 Å². The molecule has 0 amide bonds. The van der Waals surface area contributed by atoms with Gasteiger partial charge in [0.15, 0.2) is 0 Å². The Morgan fingerprint density at radius 3 is 2.00 bits per heavy atom. The van der Waals surface area contributed by atoms with Gasteiger partial charge in [-0.05, 0) is 76.0 Å². The van der Waals surface area contributed by atoms with E-state index in [4.69, 9.17) is 5.26 Å². The van der Waals surface area contributed by atoms with E-state index >= 15 is 0 Å². The molecule has 0 saturated carbocycles. The van der Waals surface area contributed by atoms with E-state index in [0.29, 0.717) is 12.5 Å². The molecule has 1 aromatic rings. The highest BCUT2D eigenvalue weighted by Gasteiger charge is 2.20. The zero-order valence-corrected chi connectivity index (χ0v) is 12.5. The Balaban J connectivity index is 3.31. The van der Waals surface area contributed by atoms with Crippen molar-refractivity contribution in [1.82, 2.24) is 4.90 Å². The molecule has 0 aliphatic carbocycles. The fourth-order valence-electron chi connectivity index (χ4n) is 2.61. The Kier molecular flexibility index (Phi) is 4.93. The fourth-order valence-corrected chi connectivity index (χ4v) is 2.61. The molecule has 2 heteroatoms. The quantitative estimate of drug-likeness (QED) is 0.805. The van der Waals surface area contributed by atoms with Gasteiger partial charge in [0.05, 0.1) is 6.07 Å². The van der Waals surface area contributed by atoms with Gasteiger partial charge >= 0.3 is 0 Å². The van der Waals surface area contributed by atoms with Crippen molar-refractivity contribution in [3.63, 3.8) is 0 Å². The first-order chi connectivity index (χ1) is 8.40. The van der Waals surface area contributed by atoms with Gasteiger partial charge in [0.1, 0.15) is 0 Å². The van der Waals surface area contributed by atoms with Crippen LogP contribution in [0.5, 0.6) is 0 Å². The molecule has 98 valence electrons. The molecule has 0 fully saturated rings. The van der Waals surface area contributed by atoms with Gasteiger partial charge in [0, 0.05) is 12.5 Å². The molecular weight excluding hydrogens is 220 g/mol. The Bertz CT molecular complexity index is 441. The third-order valence-electron chi connectivity index (χ3n) is 3.91. The summed E-state index contributed by atoms with van der Waals surface area (Å²) >= 11 is 0. The van der Waals surface area contributed by atoms with Crippen LogP contribution in [-0.2, 0) is 0 Å². The van der Waals surface area contributed by atoms with Crippen molar-refractivity contribution < 1.29 is 0 Å². The molecule has 0 heterocycles. The van der Waals surface area contributed by atoms with Gasteiger partial charge in [-0.1, -0.05) is 6.07 Å². The largest absolute Gasteiger partial charge is 0.302 e. The van der Waals surface area contributed by atoms with Gasteiger partial charge in [-0.15, -0.1) is 0 Å². The minimum Gasteiger partial charge on any atom is -0.302 e. The molecule has 2 nitrogen and oxygen atoms in total. The number of nitriles is 1. The third-order valence-corrected chi connectivity index (χ3v) is 3.91. The van der Waals surface area contributed by atoms with Gasteiger partial charge in [-0.2, -0.15) is 5.26 Å². The number of hydrogen-bond donors (Lipinski definition) is 0. The topological polar surface area (TPSA) is 27.0 Å². The van der Waals surface area contributed by atoms with Crippen molar-refractivity contribution in [3.8, 4) is 6.07 Å². The lowest BCUT2D eigenvalue weighted by atomic mass is 9.87. The third kappa shape index (κ3) is 2.91. The predicted octanol–water partition coefficient (Wildman–Crippen LogP) is 3.83. The van der Waals surface area contributed by atoms with Crippen LogP contribution in [0.3, 0.4) is 0 Å². The van der Waals surface area contributed by atoms with Crippen molar-refractivity contribution in [2.24, 2.45) is 0 Å². The second-order valence-corrected chi connectivity index (χ2v) is 5.35. The van der Waals surface area contributed by atoms with Crippen LogP contribution in [0.15, 0.2) is 6.07 Å². The normalized spacial score (nSPS) is 12.6. The molecule has 0 radical (unpaired) electrons. The molecule has 18 heavy (non-hydrogen) atoms. The van der Waals surface area contributed by atoms with Gasteiger partial charge in [-0.3, -0.25) is 0 Å². The van der Waals surface area contributed by atoms with Crippen LogP contribution < -0.4 is 0 Å². The van der Waals surface area contributed by atoms with Gasteiger partial charge in [0.25, 0.3) is 0 Å². The number of aryl methyl sites for hydroxylation is 2. The van der Waals surface area contributed by atoms with Crippen LogP contribution in [0, 0.1) is 39.0 Å². The van der Waals surface area contributed by atoms with Crippen LogP contribution in [0.1, 0.15) is 46.7 Å². The summed E-state index contributed by atoms with van der Waals surface area (Å²) in [6.07, 6.45) is 1.50. The van der Waals surface area contributed by atoms with Crippen LogP contribution in [-0.4, -0.2) is 19.0 Å². The van der Waals surface area contributed by atoms with E-state index in [1.165, 1.54) is 27.8 Å². The number of rotatable bonds is 4. The molecule has 0 N–H and O–H groups in total. The van der Waals surface area contributed by atoms with Gasteiger partial charge in [0.2, 0.25) is 0 Å². The SMILES string of the molecule is Cc1cc(C)c(C)c(C(CCC#N)N(C)C)c1C. The zero-order valence-electron chi connectivity index (χ0n) is 12.5. The van der Waals surface area contributed by atoms with Crippen LogP contribution in [0.2, 0.25) is 0 Å². The first-order valence-corrected chi connectivity index (χ1v) is 6.50. The second-order valence-electron chi connectivity index (χ2n) is 5.35. The highest BCUT2D eigenvalue weighted by atomic mass is 15.1. The predicted molar refractivity (Wildman–Crippen MR) is 76.7 cm³/mol. The van der Waals surface area contributed by atoms with Gasteiger partial charge in [-0.25, -0.2) is 0 Å². The highest BCUT2D eigenvalue weighted by Crippen LogP contribution is 2.32. The molecule has 0 saturated heterocycles. The Labute approximate surface area is 111 Å². The fraction of sp³-hybridized carbons (Fsp3) is 0.562. The van der Waals surface area contributed by atoms with Crippen LogP contribution in [0.4, 0.5) is 0 Å². The van der Waals surface area contributed by atoms with Crippen LogP contribution in [0.25, 0.3) is 0 Å². The Morgan fingerprint density at radius 2 is 1.61 bits per heavy atom. The summed E-state index contributed by atoms with van der Waals surface area (Å²) < 4.78 is 0. The maximum absolute atomic E-state index is 8.82. The highest BCUT2D eigenvalue weighted by molar-refractivity contribution is 5.45. The lowest BCUT2D eigenvalue weighted by molar-refractivity contribution is 0.284. The summed E-state index contributed by atoms with van der Waals surface area (Å²) in [6, 6.07) is 4.86. The van der Waals surface area contributed by atoms with E-state index in [0.717, 1.165) is 6.42 Å². The molecule has 0 aliphatic rings. The van der Waals surface area contributed by atoms with Crippen molar-refractivity contribution in [1.29, 1.82) is 5.26 Å². The van der Waals surface area contributed by atoms with Crippen molar-refractivity contribution in [2.45, 2.75) is 46.6 Å². The van der Waals surface area contributed by atoms with Crippen molar-refractivity contribution in [3.05, 3.63) is 33.9 Å². The summed E-state index contributed by atoms with van der Waals surface area (Å²) in [6.45, 7) is 8.73. The van der Waals surface area contributed by atoms with E-state index in [9.17, 15) is 0 Å². The minimum absolute atomic E-state index is 0.336. The zero-order chi connectivity index (χ0) is 13.9. The number of nitrogens with zero attached hydrogens (tertiary/aromatic N) is 2. The average molecular weight is 244 g/mol. The summed E-state index contributed by atoms with van der Waals surface area (Å²) in [7, 11) is 4.19. The summed E-state index contributed by atoms with van der Waals surface area (Å²) in [5, 5.41) is 8.82. The molecule has 1 atom stereocenters. The second kappa shape index (κ2) is 6.02. The summed E-state index contributed by atoms with van der Waals surface area (Å²) in [4.78, 5) is 2.23. The van der Waals surface area contributed by atoms with E-state index in [1.54, 1.807) is 0 Å².